The van der Waals surface area contributed by atoms with Crippen molar-refractivity contribution >= 4 is 86.0 Å². The third-order valence-electron chi connectivity index (χ3n) is 14.2. The second-order valence-corrected chi connectivity index (χ2v) is 21.3. The van der Waals surface area contributed by atoms with E-state index in [0.29, 0.717) is 0 Å². The largest absolute Gasteiger partial charge is 0.458 e. The van der Waals surface area contributed by atoms with Crippen molar-refractivity contribution in [2.45, 2.75) is 19.3 Å². The molecule has 3 heterocycles. The van der Waals surface area contributed by atoms with E-state index in [9.17, 15) is 0 Å². The van der Waals surface area contributed by atoms with Crippen LogP contribution in [-0.2, 0) is 5.41 Å². The first-order valence-electron chi connectivity index (χ1n) is 21.7. The summed E-state index contributed by atoms with van der Waals surface area (Å²) in [6.45, 7) is 4.75. The Kier molecular flexibility index (Phi) is 7.47. The van der Waals surface area contributed by atoms with Gasteiger partial charge in [-0.1, -0.05) is 166 Å². The van der Waals surface area contributed by atoms with Crippen LogP contribution in [0.25, 0.3) is 11.1 Å². The first kappa shape index (κ1) is 35.4. The van der Waals surface area contributed by atoms with Crippen LogP contribution in [0, 0.1) is 0 Å². The van der Waals surface area contributed by atoms with Crippen LogP contribution in [-0.4, -0.2) is 14.8 Å². The van der Waals surface area contributed by atoms with Gasteiger partial charge in [-0.15, -0.1) is 0 Å². The van der Waals surface area contributed by atoms with Gasteiger partial charge >= 0.3 is 0 Å². The summed E-state index contributed by atoms with van der Waals surface area (Å²) in [4.78, 5) is 4.94. The summed E-state index contributed by atoms with van der Waals surface area (Å²) in [6.07, 6.45) is 0. The van der Waals surface area contributed by atoms with Crippen molar-refractivity contribution in [1.82, 2.24) is 0 Å². The standard InChI is InChI=1S/C57H41BN2OSi/c1-57(2)46-28-16-15-27-44(46)45-34-33-40(35-47(45)57)60-48-29-17-31-52-55(48)58-54-49(60)36-41(59(38-19-7-3-8-20-38)39-21-9-4-10-22-39)37-51(54)61-50-30-18-32-53(56(50)58)62(52,42-23-11-5-12-24-42)43-25-13-6-14-26-43/h3-37H,1-2H3. The minimum atomic E-state index is -2.90. The number of ether oxygens (including phenoxy) is 1. The van der Waals surface area contributed by atoms with Crippen LogP contribution >= 0.6 is 0 Å². The molecule has 0 atom stereocenters. The molecule has 5 heteroatoms. The van der Waals surface area contributed by atoms with E-state index < -0.39 is 8.07 Å². The van der Waals surface area contributed by atoms with Gasteiger partial charge in [0.25, 0.3) is 6.71 Å². The fourth-order valence-electron chi connectivity index (χ4n) is 11.6. The molecular formula is C57H41BN2OSi. The molecule has 0 radical (unpaired) electrons. The lowest BCUT2D eigenvalue weighted by molar-refractivity contribution is 0.488. The summed E-state index contributed by atoms with van der Waals surface area (Å²) < 4.78 is 7.38. The van der Waals surface area contributed by atoms with Gasteiger partial charge in [-0.3, -0.25) is 0 Å². The molecule has 0 amide bonds. The summed E-state index contributed by atoms with van der Waals surface area (Å²) >= 11 is 0. The zero-order chi connectivity index (χ0) is 41.2. The minimum absolute atomic E-state index is 0.0125. The number of rotatable bonds is 6. The lowest BCUT2D eigenvalue weighted by Crippen LogP contribution is -2.87. The van der Waals surface area contributed by atoms with E-state index in [2.05, 4.69) is 236 Å². The number of hydrogen-bond acceptors (Lipinski definition) is 3. The molecule has 62 heavy (non-hydrogen) atoms. The van der Waals surface area contributed by atoms with Gasteiger partial charge in [-0.05, 0) is 114 Å². The van der Waals surface area contributed by atoms with Crippen LogP contribution in [0.15, 0.2) is 212 Å². The Morgan fingerprint density at radius 1 is 0.452 bits per heavy atom. The minimum Gasteiger partial charge on any atom is -0.458 e. The van der Waals surface area contributed by atoms with Gasteiger partial charge in [0.1, 0.15) is 11.5 Å². The van der Waals surface area contributed by atoms with Crippen molar-refractivity contribution in [3.63, 3.8) is 0 Å². The number of hydrogen-bond donors (Lipinski definition) is 0. The van der Waals surface area contributed by atoms with Crippen LogP contribution in [0.3, 0.4) is 0 Å². The van der Waals surface area contributed by atoms with Crippen molar-refractivity contribution in [3.8, 4) is 22.6 Å². The van der Waals surface area contributed by atoms with Gasteiger partial charge in [0.2, 0.25) is 0 Å². The van der Waals surface area contributed by atoms with Gasteiger partial charge in [-0.2, -0.15) is 0 Å². The van der Waals surface area contributed by atoms with Crippen molar-refractivity contribution < 1.29 is 4.74 Å². The Labute approximate surface area is 364 Å². The van der Waals surface area contributed by atoms with Crippen molar-refractivity contribution in [2.75, 3.05) is 9.80 Å². The molecule has 3 aliphatic heterocycles. The molecule has 0 spiro atoms. The molecule has 0 saturated carbocycles. The predicted molar refractivity (Wildman–Crippen MR) is 262 cm³/mol. The molecule has 0 N–H and O–H groups in total. The number of fused-ring (bicyclic) bond motifs is 3. The Morgan fingerprint density at radius 2 is 1.03 bits per heavy atom. The van der Waals surface area contributed by atoms with Crippen LogP contribution < -0.4 is 51.7 Å². The second-order valence-electron chi connectivity index (χ2n) is 17.6. The smallest absolute Gasteiger partial charge is 0.256 e. The molecule has 0 fully saturated rings. The molecular weight excluding hydrogens is 768 g/mol. The molecule has 0 unspecified atom stereocenters. The maximum Gasteiger partial charge on any atom is 0.256 e. The quantitative estimate of drug-likeness (QED) is 0.156. The molecule has 1 aliphatic carbocycles. The number of nitrogens with zero attached hydrogens (tertiary/aromatic N) is 2. The first-order chi connectivity index (χ1) is 30.5. The molecule has 9 aromatic carbocycles. The molecule has 292 valence electrons. The maximum atomic E-state index is 7.38. The van der Waals surface area contributed by atoms with Crippen molar-refractivity contribution in [3.05, 3.63) is 223 Å². The van der Waals surface area contributed by atoms with Gasteiger partial charge < -0.3 is 14.5 Å². The Hall–Kier alpha value is -7.34. The molecule has 0 bridgehead atoms. The third kappa shape index (κ3) is 4.71. The van der Waals surface area contributed by atoms with Crippen molar-refractivity contribution in [1.29, 1.82) is 0 Å². The monoisotopic (exact) mass is 808 g/mol. The molecule has 3 nitrogen and oxygen atoms in total. The van der Waals surface area contributed by atoms with Crippen LogP contribution in [0.2, 0.25) is 0 Å². The van der Waals surface area contributed by atoms with E-state index in [-0.39, 0.29) is 12.1 Å². The van der Waals surface area contributed by atoms with Crippen LogP contribution in [0.4, 0.5) is 34.1 Å². The highest BCUT2D eigenvalue weighted by atomic mass is 28.3. The molecule has 0 saturated heterocycles. The zero-order valence-electron chi connectivity index (χ0n) is 34.6. The van der Waals surface area contributed by atoms with Crippen LogP contribution in [0.5, 0.6) is 11.5 Å². The number of benzene rings is 9. The molecule has 9 aromatic rings. The molecule has 4 aliphatic rings. The Morgan fingerprint density at radius 3 is 1.71 bits per heavy atom. The van der Waals surface area contributed by atoms with E-state index >= 15 is 0 Å². The second kappa shape index (κ2) is 13.1. The summed E-state index contributed by atoms with van der Waals surface area (Å²) in [6, 6.07) is 78.9. The van der Waals surface area contributed by atoms with Crippen LogP contribution in [0.1, 0.15) is 25.0 Å². The molecule has 0 aromatic heterocycles. The highest BCUT2D eigenvalue weighted by Gasteiger charge is 2.56. The highest BCUT2D eigenvalue weighted by Crippen LogP contribution is 2.52. The van der Waals surface area contributed by atoms with E-state index in [0.717, 1.165) is 39.9 Å². The van der Waals surface area contributed by atoms with Gasteiger partial charge in [0.05, 0.1) is 5.69 Å². The fourth-order valence-corrected chi connectivity index (χ4v) is 16.9. The predicted octanol–water partition coefficient (Wildman–Crippen LogP) is 9.56. The van der Waals surface area contributed by atoms with E-state index in [1.807, 2.05) is 0 Å². The molecule has 13 rings (SSSR count). The van der Waals surface area contributed by atoms with Gasteiger partial charge in [0.15, 0.2) is 8.07 Å². The SMILES string of the molecule is CC1(C)c2ccccc2-c2ccc(N3c4cc(N(c5ccccc5)c5ccccc5)cc5c4B4c6c(cccc6[Si](c6ccccc6)(c6ccccc6)c6cccc3c64)O5)cc21. The Bertz CT molecular complexity index is 3180. The van der Waals surface area contributed by atoms with E-state index in [1.165, 1.54) is 65.1 Å². The summed E-state index contributed by atoms with van der Waals surface area (Å²) in [5.41, 5.74) is 15.9. The normalized spacial score (nSPS) is 14.9. The zero-order valence-corrected chi connectivity index (χ0v) is 35.6. The van der Waals surface area contributed by atoms with Gasteiger partial charge in [0, 0.05) is 39.9 Å². The van der Waals surface area contributed by atoms with Crippen molar-refractivity contribution in [2.24, 2.45) is 0 Å². The number of para-hydroxylation sites is 2. The van der Waals surface area contributed by atoms with E-state index in [4.69, 9.17) is 4.74 Å². The van der Waals surface area contributed by atoms with E-state index in [1.54, 1.807) is 0 Å². The average molecular weight is 809 g/mol. The number of anilines is 6. The topological polar surface area (TPSA) is 15.7 Å². The highest BCUT2D eigenvalue weighted by molar-refractivity contribution is 7.27. The Balaban J connectivity index is 1.14. The summed E-state index contributed by atoms with van der Waals surface area (Å²) in [5, 5.41) is 5.61. The fraction of sp³-hybridized carbons (Fsp3) is 0.0526. The maximum absolute atomic E-state index is 7.38. The third-order valence-corrected chi connectivity index (χ3v) is 19.0. The first-order valence-corrected chi connectivity index (χ1v) is 23.7. The summed E-state index contributed by atoms with van der Waals surface area (Å²) in [7, 11) is -2.90. The average Bonchev–Trinajstić information content (AvgIpc) is 3.55. The lowest BCUT2D eigenvalue weighted by Gasteiger charge is -2.49. The summed E-state index contributed by atoms with van der Waals surface area (Å²) in [5.74, 6) is 1.85. The van der Waals surface area contributed by atoms with Gasteiger partial charge in [-0.25, -0.2) is 0 Å². The lowest BCUT2D eigenvalue weighted by atomic mass is 9.34.